The summed E-state index contributed by atoms with van der Waals surface area (Å²) in [4.78, 5) is 0. The average molecular weight is 235 g/mol. The quantitative estimate of drug-likeness (QED) is 0.874. The van der Waals surface area contributed by atoms with Crippen molar-refractivity contribution >= 4 is 0 Å². The zero-order chi connectivity index (χ0) is 12.3. The molecule has 1 aromatic carbocycles. The molecular weight excluding hydrogens is 223 g/mol. The summed E-state index contributed by atoms with van der Waals surface area (Å²) in [6, 6.07) is 2.22. The zero-order valence-electron chi connectivity index (χ0n) is 8.84. The normalized spacial score (nSPS) is 13.4. The molecule has 16 heavy (non-hydrogen) atoms. The summed E-state index contributed by atoms with van der Waals surface area (Å²) in [6.45, 7) is 0. The molecule has 0 spiro atoms. The van der Waals surface area contributed by atoms with Gasteiger partial charge in [0.15, 0.2) is 0 Å². The molecule has 0 radical (unpaired) electrons. The SMILES string of the molecule is COc1cccc(OC)c1[C@@H](N)C(F)(F)F. The van der Waals surface area contributed by atoms with E-state index < -0.39 is 12.2 Å². The van der Waals surface area contributed by atoms with Crippen LogP contribution in [0.25, 0.3) is 0 Å². The highest BCUT2D eigenvalue weighted by atomic mass is 19.4. The Morgan fingerprint density at radius 1 is 1.12 bits per heavy atom. The Hall–Kier alpha value is -1.43. The Bertz CT molecular complexity index is 343. The maximum atomic E-state index is 12.5. The van der Waals surface area contributed by atoms with Crippen molar-refractivity contribution in [2.24, 2.45) is 5.73 Å². The van der Waals surface area contributed by atoms with Gasteiger partial charge in [-0.25, -0.2) is 0 Å². The van der Waals surface area contributed by atoms with E-state index in [4.69, 9.17) is 15.2 Å². The van der Waals surface area contributed by atoms with Gasteiger partial charge in [-0.15, -0.1) is 0 Å². The number of alkyl halides is 3. The Morgan fingerprint density at radius 3 is 1.88 bits per heavy atom. The molecule has 1 aromatic rings. The predicted molar refractivity (Wildman–Crippen MR) is 52.5 cm³/mol. The lowest BCUT2D eigenvalue weighted by Crippen LogP contribution is -2.29. The van der Waals surface area contributed by atoms with Gasteiger partial charge in [-0.2, -0.15) is 13.2 Å². The number of halogens is 3. The molecule has 3 nitrogen and oxygen atoms in total. The van der Waals surface area contributed by atoms with Crippen LogP contribution in [0.5, 0.6) is 11.5 Å². The molecule has 0 amide bonds. The molecular formula is C10H12F3NO2. The highest BCUT2D eigenvalue weighted by Crippen LogP contribution is 2.40. The van der Waals surface area contributed by atoms with Crippen molar-refractivity contribution in [1.82, 2.24) is 0 Å². The Kier molecular flexibility index (Phi) is 3.64. The second kappa shape index (κ2) is 4.61. The standard InChI is InChI=1S/C10H12F3NO2/c1-15-6-4-3-5-7(16-2)8(6)9(14)10(11,12)13/h3-5,9H,14H2,1-2H3/t9-/m1/s1. The van der Waals surface area contributed by atoms with E-state index in [0.29, 0.717) is 0 Å². The number of rotatable bonds is 3. The summed E-state index contributed by atoms with van der Waals surface area (Å²) in [5.41, 5.74) is 4.95. The van der Waals surface area contributed by atoms with Gasteiger partial charge in [0, 0.05) is 0 Å². The van der Waals surface area contributed by atoms with Crippen LogP contribution in [0.2, 0.25) is 0 Å². The predicted octanol–water partition coefficient (Wildman–Crippen LogP) is 2.27. The van der Waals surface area contributed by atoms with Gasteiger partial charge in [0.2, 0.25) is 0 Å². The van der Waals surface area contributed by atoms with Crippen LogP contribution in [-0.4, -0.2) is 20.4 Å². The molecule has 0 fully saturated rings. The maximum Gasteiger partial charge on any atom is 0.407 e. The summed E-state index contributed by atoms with van der Waals surface area (Å²) in [5, 5.41) is 0. The van der Waals surface area contributed by atoms with Crippen LogP contribution in [0.3, 0.4) is 0 Å². The minimum atomic E-state index is -4.54. The summed E-state index contributed by atoms with van der Waals surface area (Å²) in [6.07, 6.45) is -4.54. The minimum absolute atomic E-state index is 0.0594. The first kappa shape index (κ1) is 12.6. The lowest BCUT2D eigenvalue weighted by molar-refractivity contribution is -0.149. The van der Waals surface area contributed by atoms with Gasteiger partial charge < -0.3 is 15.2 Å². The van der Waals surface area contributed by atoms with Crippen molar-refractivity contribution < 1.29 is 22.6 Å². The largest absolute Gasteiger partial charge is 0.496 e. The van der Waals surface area contributed by atoms with Crippen molar-refractivity contribution in [3.05, 3.63) is 23.8 Å². The van der Waals surface area contributed by atoms with Crippen LogP contribution >= 0.6 is 0 Å². The molecule has 0 aromatic heterocycles. The van der Waals surface area contributed by atoms with Gasteiger partial charge in [0.1, 0.15) is 17.5 Å². The average Bonchev–Trinajstić information content (AvgIpc) is 2.25. The van der Waals surface area contributed by atoms with Gasteiger partial charge in [-0.3, -0.25) is 0 Å². The van der Waals surface area contributed by atoms with Crippen LogP contribution in [0.15, 0.2) is 18.2 Å². The summed E-state index contributed by atoms with van der Waals surface area (Å²) in [5.74, 6) is 0.119. The first-order valence-electron chi connectivity index (χ1n) is 4.45. The van der Waals surface area contributed by atoms with Crippen LogP contribution in [-0.2, 0) is 0 Å². The second-order valence-corrected chi connectivity index (χ2v) is 3.10. The molecule has 1 rings (SSSR count). The van der Waals surface area contributed by atoms with E-state index >= 15 is 0 Å². The van der Waals surface area contributed by atoms with E-state index in [9.17, 15) is 13.2 Å². The molecule has 0 unspecified atom stereocenters. The first-order valence-corrected chi connectivity index (χ1v) is 4.45. The fraction of sp³-hybridized carbons (Fsp3) is 0.400. The molecule has 1 atom stereocenters. The summed E-state index contributed by atoms with van der Waals surface area (Å²) in [7, 11) is 2.56. The van der Waals surface area contributed by atoms with Crippen molar-refractivity contribution in [3.8, 4) is 11.5 Å². The third-order valence-electron chi connectivity index (χ3n) is 2.13. The number of ether oxygens (including phenoxy) is 2. The third-order valence-corrected chi connectivity index (χ3v) is 2.13. The van der Waals surface area contributed by atoms with Crippen molar-refractivity contribution in [1.29, 1.82) is 0 Å². The van der Waals surface area contributed by atoms with E-state index in [-0.39, 0.29) is 17.1 Å². The molecule has 0 saturated heterocycles. The smallest absolute Gasteiger partial charge is 0.407 e. The fourth-order valence-corrected chi connectivity index (χ4v) is 1.35. The van der Waals surface area contributed by atoms with Crippen molar-refractivity contribution in [2.75, 3.05) is 14.2 Å². The molecule has 0 aliphatic carbocycles. The fourth-order valence-electron chi connectivity index (χ4n) is 1.35. The molecule has 0 aliphatic heterocycles. The van der Waals surface area contributed by atoms with Gasteiger partial charge in [0.05, 0.1) is 19.8 Å². The molecule has 0 heterocycles. The van der Waals surface area contributed by atoms with Gasteiger partial charge in [-0.05, 0) is 12.1 Å². The number of nitrogens with two attached hydrogens (primary N) is 1. The van der Waals surface area contributed by atoms with Gasteiger partial charge >= 0.3 is 6.18 Å². The molecule has 0 bridgehead atoms. The Balaban J connectivity index is 3.28. The molecule has 6 heteroatoms. The highest BCUT2D eigenvalue weighted by Gasteiger charge is 2.41. The monoisotopic (exact) mass is 235 g/mol. The van der Waals surface area contributed by atoms with Crippen LogP contribution < -0.4 is 15.2 Å². The van der Waals surface area contributed by atoms with Gasteiger partial charge in [-0.1, -0.05) is 6.07 Å². The molecule has 2 N–H and O–H groups in total. The Morgan fingerprint density at radius 2 is 1.56 bits per heavy atom. The maximum absolute atomic E-state index is 12.5. The third kappa shape index (κ3) is 2.38. The van der Waals surface area contributed by atoms with E-state index in [2.05, 4.69) is 0 Å². The summed E-state index contributed by atoms with van der Waals surface area (Å²) >= 11 is 0. The summed E-state index contributed by atoms with van der Waals surface area (Å²) < 4.78 is 47.3. The minimum Gasteiger partial charge on any atom is -0.496 e. The van der Waals surface area contributed by atoms with E-state index in [1.165, 1.54) is 32.4 Å². The van der Waals surface area contributed by atoms with E-state index in [1.807, 2.05) is 0 Å². The topological polar surface area (TPSA) is 44.5 Å². The highest BCUT2D eigenvalue weighted by molar-refractivity contribution is 5.47. The van der Waals surface area contributed by atoms with E-state index in [0.717, 1.165) is 0 Å². The number of hydrogen-bond donors (Lipinski definition) is 1. The van der Waals surface area contributed by atoms with E-state index in [1.54, 1.807) is 0 Å². The first-order chi connectivity index (χ1) is 7.41. The molecule has 0 aliphatic rings. The van der Waals surface area contributed by atoms with Crippen molar-refractivity contribution in [3.63, 3.8) is 0 Å². The molecule has 90 valence electrons. The van der Waals surface area contributed by atoms with Crippen LogP contribution in [0, 0.1) is 0 Å². The molecule has 0 saturated carbocycles. The zero-order valence-corrected chi connectivity index (χ0v) is 8.84. The lowest BCUT2D eigenvalue weighted by Gasteiger charge is -2.20. The van der Waals surface area contributed by atoms with Crippen LogP contribution in [0.1, 0.15) is 11.6 Å². The number of hydrogen-bond acceptors (Lipinski definition) is 3. The van der Waals surface area contributed by atoms with Gasteiger partial charge in [0.25, 0.3) is 0 Å². The number of benzene rings is 1. The van der Waals surface area contributed by atoms with Crippen molar-refractivity contribution in [2.45, 2.75) is 12.2 Å². The Labute approximate surface area is 91.0 Å². The lowest BCUT2D eigenvalue weighted by atomic mass is 10.0. The number of methoxy groups -OCH3 is 2. The second-order valence-electron chi connectivity index (χ2n) is 3.10. The van der Waals surface area contributed by atoms with Crippen LogP contribution in [0.4, 0.5) is 13.2 Å².